The van der Waals surface area contributed by atoms with Crippen LogP contribution >= 0.6 is 0 Å². The lowest BCUT2D eigenvalue weighted by molar-refractivity contribution is 0.102. The number of amides is 1. The Balaban J connectivity index is 1.49. The van der Waals surface area contributed by atoms with Gasteiger partial charge in [0.2, 0.25) is 0 Å². The quantitative estimate of drug-likeness (QED) is 0.438. The Morgan fingerprint density at radius 3 is 2.88 bits per heavy atom. The maximum atomic E-state index is 15.3. The zero-order chi connectivity index (χ0) is 23.5. The number of allylic oxidation sites excluding steroid dienone is 1. The average Bonchev–Trinajstić information content (AvgIpc) is 3.32. The van der Waals surface area contributed by atoms with Crippen LogP contribution in [0.4, 0.5) is 10.2 Å². The largest absolute Gasteiger partial charge is 0.377 e. The van der Waals surface area contributed by atoms with E-state index in [1.807, 2.05) is 25.1 Å². The van der Waals surface area contributed by atoms with Crippen molar-refractivity contribution in [2.75, 3.05) is 18.4 Å². The standard InChI is InChI=1S/C27H24FN5O/c1-2-10-33-11-8-19(16-33)23-13-20(12-21-15-29-17-31-26(21)23)22-7-6-18(14-24(22)28)27(34)32-25-5-3-4-9-30-25/h2-7,9-10,12-15,17,19H,8,11,16H2,1H3,(H,30,32,34). The molecule has 5 rings (SSSR count). The van der Waals surface area contributed by atoms with Crippen LogP contribution in [-0.2, 0) is 0 Å². The fraction of sp³-hybridized carbons (Fsp3) is 0.185. The Kier molecular flexibility index (Phi) is 5.99. The lowest BCUT2D eigenvalue weighted by Gasteiger charge is -2.16. The highest BCUT2D eigenvalue weighted by atomic mass is 19.1. The predicted molar refractivity (Wildman–Crippen MR) is 131 cm³/mol. The molecule has 7 heteroatoms. The van der Waals surface area contributed by atoms with Crippen LogP contribution in [0.15, 0.2) is 79.5 Å². The van der Waals surface area contributed by atoms with E-state index >= 15 is 4.39 Å². The molecular weight excluding hydrogens is 429 g/mol. The fourth-order valence-electron chi connectivity index (χ4n) is 4.50. The molecule has 1 atom stereocenters. The summed E-state index contributed by atoms with van der Waals surface area (Å²) >= 11 is 0. The van der Waals surface area contributed by atoms with Gasteiger partial charge in [-0.1, -0.05) is 18.2 Å². The molecule has 4 aromatic rings. The molecule has 1 fully saturated rings. The molecule has 0 bridgehead atoms. The number of carbonyl (C=O) groups excluding carboxylic acids is 1. The van der Waals surface area contributed by atoms with E-state index in [9.17, 15) is 4.79 Å². The van der Waals surface area contributed by atoms with Crippen molar-refractivity contribution in [1.82, 2.24) is 19.9 Å². The highest BCUT2D eigenvalue weighted by molar-refractivity contribution is 6.04. The summed E-state index contributed by atoms with van der Waals surface area (Å²) in [5, 5.41) is 3.56. The third kappa shape index (κ3) is 4.37. The van der Waals surface area contributed by atoms with Crippen molar-refractivity contribution in [3.63, 3.8) is 0 Å². The van der Waals surface area contributed by atoms with Crippen molar-refractivity contribution < 1.29 is 9.18 Å². The van der Waals surface area contributed by atoms with E-state index in [2.05, 4.69) is 31.4 Å². The van der Waals surface area contributed by atoms with Gasteiger partial charge in [0.1, 0.15) is 18.0 Å². The van der Waals surface area contributed by atoms with Crippen LogP contribution in [0.5, 0.6) is 0 Å². The topological polar surface area (TPSA) is 71.0 Å². The molecule has 1 saturated heterocycles. The van der Waals surface area contributed by atoms with Crippen LogP contribution < -0.4 is 5.32 Å². The van der Waals surface area contributed by atoms with Gasteiger partial charge in [0, 0.05) is 47.9 Å². The number of pyridine rings is 1. The third-order valence-electron chi connectivity index (χ3n) is 6.10. The van der Waals surface area contributed by atoms with E-state index in [-0.39, 0.29) is 5.56 Å². The van der Waals surface area contributed by atoms with Crippen molar-refractivity contribution in [1.29, 1.82) is 0 Å². The average molecular weight is 454 g/mol. The molecule has 2 aromatic carbocycles. The van der Waals surface area contributed by atoms with Crippen LogP contribution in [0.25, 0.3) is 22.0 Å². The number of halogens is 1. The van der Waals surface area contributed by atoms with Crippen molar-refractivity contribution in [2.45, 2.75) is 19.3 Å². The molecular formula is C27H24FN5O. The van der Waals surface area contributed by atoms with Gasteiger partial charge in [-0.2, -0.15) is 0 Å². The van der Waals surface area contributed by atoms with Crippen LogP contribution in [0.2, 0.25) is 0 Å². The first-order valence-corrected chi connectivity index (χ1v) is 11.2. The van der Waals surface area contributed by atoms with Gasteiger partial charge >= 0.3 is 0 Å². The van der Waals surface area contributed by atoms with Gasteiger partial charge in [0.25, 0.3) is 5.91 Å². The number of nitrogens with zero attached hydrogens (tertiary/aromatic N) is 4. The molecule has 0 saturated carbocycles. The summed E-state index contributed by atoms with van der Waals surface area (Å²) in [5.41, 5.74) is 3.41. The molecule has 0 radical (unpaired) electrons. The van der Waals surface area contributed by atoms with Gasteiger partial charge in [-0.15, -0.1) is 0 Å². The second kappa shape index (κ2) is 9.39. The summed E-state index contributed by atoms with van der Waals surface area (Å²) < 4.78 is 15.3. The van der Waals surface area contributed by atoms with E-state index in [0.29, 0.717) is 17.3 Å². The van der Waals surface area contributed by atoms with E-state index in [1.54, 1.807) is 49.1 Å². The third-order valence-corrected chi connectivity index (χ3v) is 6.10. The van der Waals surface area contributed by atoms with Crippen molar-refractivity contribution in [3.05, 3.63) is 96.5 Å². The molecule has 1 amide bonds. The summed E-state index contributed by atoms with van der Waals surface area (Å²) in [4.78, 5) is 27.6. The molecule has 170 valence electrons. The zero-order valence-corrected chi connectivity index (χ0v) is 18.8. The van der Waals surface area contributed by atoms with Crippen LogP contribution in [-0.4, -0.2) is 38.8 Å². The molecule has 0 spiro atoms. The van der Waals surface area contributed by atoms with Gasteiger partial charge in [0.05, 0.1) is 5.52 Å². The van der Waals surface area contributed by atoms with Crippen LogP contribution in [0.3, 0.4) is 0 Å². The molecule has 1 unspecified atom stereocenters. The van der Waals surface area contributed by atoms with Crippen molar-refractivity contribution in [2.24, 2.45) is 0 Å². The Labute approximate surface area is 197 Å². The molecule has 1 N–H and O–H groups in total. The maximum absolute atomic E-state index is 15.3. The first-order chi connectivity index (χ1) is 16.6. The summed E-state index contributed by atoms with van der Waals surface area (Å²) in [7, 11) is 0. The number of hydrogen-bond donors (Lipinski definition) is 1. The van der Waals surface area contributed by atoms with Crippen molar-refractivity contribution in [3.8, 4) is 11.1 Å². The highest BCUT2D eigenvalue weighted by Gasteiger charge is 2.25. The molecule has 2 aromatic heterocycles. The van der Waals surface area contributed by atoms with E-state index in [4.69, 9.17) is 0 Å². The summed E-state index contributed by atoms with van der Waals surface area (Å²) in [6.07, 6.45) is 10.1. The number of anilines is 1. The second-order valence-electron chi connectivity index (χ2n) is 8.35. The van der Waals surface area contributed by atoms with E-state index in [0.717, 1.165) is 41.5 Å². The number of aromatic nitrogens is 3. The first-order valence-electron chi connectivity index (χ1n) is 11.2. The molecule has 3 heterocycles. The molecule has 1 aliphatic rings. The van der Waals surface area contributed by atoms with Crippen LogP contribution in [0, 0.1) is 5.82 Å². The monoisotopic (exact) mass is 453 g/mol. The Bertz CT molecular complexity index is 1370. The lowest BCUT2D eigenvalue weighted by Crippen LogP contribution is -2.13. The Morgan fingerprint density at radius 2 is 2.09 bits per heavy atom. The lowest BCUT2D eigenvalue weighted by atomic mass is 9.91. The van der Waals surface area contributed by atoms with Crippen molar-refractivity contribution >= 4 is 22.6 Å². The molecule has 0 aliphatic carbocycles. The minimum absolute atomic E-state index is 0.231. The predicted octanol–water partition coefficient (Wildman–Crippen LogP) is 5.41. The molecule has 6 nitrogen and oxygen atoms in total. The maximum Gasteiger partial charge on any atom is 0.256 e. The summed E-state index contributed by atoms with van der Waals surface area (Å²) in [6.45, 7) is 3.88. The Hall–Kier alpha value is -4.13. The summed E-state index contributed by atoms with van der Waals surface area (Å²) in [5.74, 6) is -0.163. The number of likely N-dealkylation sites (tertiary alicyclic amines) is 1. The van der Waals surface area contributed by atoms with Gasteiger partial charge in [0.15, 0.2) is 0 Å². The number of carbonyl (C=O) groups is 1. The van der Waals surface area contributed by atoms with Gasteiger partial charge in [-0.3, -0.25) is 4.79 Å². The van der Waals surface area contributed by atoms with Gasteiger partial charge in [-0.05, 0) is 67.1 Å². The van der Waals surface area contributed by atoms with E-state index in [1.165, 1.54) is 6.07 Å². The number of rotatable bonds is 5. The molecule has 34 heavy (non-hydrogen) atoms. The highest BCUT2D eigenvalue weighted by Crippen LogP contribution is 2.36. The van der Waals surface area contributed by atoms with E-state index < -0.39 is 11.7 Å². The minimum Gasteiger partial charge on any atom is -0.377 e. The number of nitrogens with one attached hydrogen (secondary N) is 1. The van der Waals surface area contributed by atoms with Crippen LogP contribution in [0.1, 0.15) is 35.2 Å². The number of benzene rings is 2. The zero-order valence-electron chi connectivity index (χ0n) is 18.8. The first kappa shape index (κ1) is 21.7. The van der Waals surface area contributed by atoms with Gasteiger partial charge < -0.3 is 10.2 Å². The second-order valence-corrected chi connectivity index (χ2v) is 8.35. The number of hydrogen-bond acceptors (Lipinski definition) is 5. The SMILES string of the molecule is CC=CN1CCC(c2cc(-c3ccc(C(=O)Nc4ccccn4)cc3F)cc3cncnc23)C1. The Morgan fingerprint density at radius 1 is 1.18 bits per heavy atom. The fourth-order valence-corrected chi connectivity index (χ4v) is 4.50. The normalized spacial score (nSPS) is 15.8. The summed E-state index contributed by atoms with van der Waals surface area (Å²) in [6, 6.07) is 13.7. The smallest absolute Gasteiger partial charge is 0.256 e. The molecule has 1 aliphatic heterocycles. The van der Waals surface area contributed by atoms with Gasteiger partial charge in [-0.25, -0.2) is 19.3 Å². The number of fused-ring (bicyclic) bond motifs is 1. The minimum atomic E-state index is -0.460.